The van der Waals surface area contributed by atoms with Gasteiger partial charge in [0.2, 0.25) is 5.91 Å². The Kier molecular flexibility index (Phi) is 3.92. The fourth-order valence-electron chi connectivity index (χ4n) is 2.02. The fourth-order valence-corrected chi connectivity index (χ4v) is 2.55. The third-order valence-corrected chi connectivity index (χ3v) is 3.42. The number of hydrogen-bond acceptors (Lipinski definition) is 2. The molecule has 2 atom stereocenters. The summed E-state index contributed by atoms with van der Waals surface area (Å²) < 4.78 is 0. The van der Waals surface area contributed by atoms with Gasteiger partial charge in [-0.3, -0.25) is 4.79 Å². The number of carbonyl (C=O) groups is 1. The van der Waals surface area contributed by atoms with Crippen molar-refractivity contribution in [2.24, 2.45) is 11.8 Å². The molecule has 0 aromatic heterocycles. The van der Waals surface area contributed by atoms with Crippen LogP contribution in [0.15, 0.2) is 18.2 Å². The van der Waals surface area contributed by atoms with Crippen molar-refractivity contribution in [1.29, 1.82) is 0 Å². The Labute approximate surface area is 110 Å². The van der Waals surface area contributed by atoms with Crippen LogP contribution in [0.2, 0.25) is 10.0 Å². The van der Waals surface area contributed by atoms with E-state index in [1.54, 1.807) is 18.2 Å². The molecule has 1 aliphatic heterocycles. The Balaban J connectivity index is 2.07. The summed E-state index contributed by atoms with van der Waals surface area (Å²) in [5.74, 6) is 0.373. The fraction of sp³-hybridized carbons (Fsp3) is 0.417. The quantitative estimate of drug-likeness (QED) is 0.870. The molecular formula is C12H14Cl2N2O. The van der Waals surface area contributed by atoms with Gasteiger partial charge in [0.1, 0.15) is 0 Å². The molecule has 0 bridgehead atoms. The molecule has 0 aliphatic carbocycles. The zero-order chi connectivity index (χ0) is 12.4. The molecule has 1 aromatic rings. The zero-order valence-corrected chi connectivity index (χ0v) is 11.0. The molecule has 1 aliphatic rings. The lowest BCUT2D eigenvalue weighted by molar-refractivity contribution is -0.120. The summed E-state index contributed by atoms with van der Waals surface area (Å²) in [7, 11) is 0. The summed E-state index contributed by atoms with van der Waals surface area (Å²) in [6.45, 7) is 3.67. The summed E-state index contributed by atoms with van der Waals surface area (Å²) in [4.78, 5) is 12.0. The molecule has 0 spiro atoms. The number of amides is 1. The van der Waals surface area contributed by atoms with Crippen molar-refractivity contribution >= 4 is 34.8 Å². The van der Waals surface area contributed by atoms with Crippen molar-refractivity contribution in [3.63, 3.8) is 0 Å². The van der Waals surface area contributed by atoms with E-state index in [0.717, 1.165) is 13.1 Å². The van der Waals surface area contributed by atoms with E-state index < -0.39 is 0 Å². The first-order valence-electron chi connectivity index (χ1n) is 5.54. The second-order valence-electron chi connectivity index (χ2n) is 4.39. The van der Waals surface area contributed by atoms with E-state index in [1.165, 1.54) is 0 Å². The molecule has 2 N–H and O–H groups in total. The van der Waals surface area contributed by atoms with E-state index in [-0.39, 0.29) is 11.8 Å². The number of carbonyl (C=O) groups excluding carboxylic acids is 1. The zero-order valence-electron chi connectivity index (χ0n) is 9.47. The van der Waals surface area contributed by atoms with Crippen molar-refractivity contribution in [2.75, 3.05) is 18.4 Å². The van der Waals surface area contributed by atoms with Crippen LogP contribution >= 0.6 is 23.2 Å². The van der Waals surface area contributed by atoms with Crippen LogP contribution in [0.5, 0.6) is 0 Å². The smallest absolute Gasteiger partial charge is 0.229 e. The van der Waals surface area contributed by atoms with Gasteiger partial charge in [-0.1, -0.05) is 30.1 Å². The molecule has 3 nitrogen and oxygen atoms in total. The van der Waals surface area contributed by atoms with Crippen molar-refractivity contribution in [3.8, 4) is 0 Å². The lowest BCUT2D eigenvalue weighted by Gasteiger charge is -2.14. The van der Waals surface area contributed by atoms with E-state index in [1.807, 2.05) is 0 Å². The molecule has 5 heteroatoms. The number of benzene rings is 1. The van der Waals surface area contributed by atoms with Gasteiger partial charge in [-0.2, -0.15) is 0 Å². The maximum absolute atomic E-state index is 12.0. The Morgan fingerprint density at radius 1 is 1.29 bits per heavy atom. The second kappa shape index (κ2) is 5.25. The van der Waals surface area contributed by atoms with Crippen molar-refractivity contribution < 1.29 is 4.79 Å². The van der Waals surface area contributed by atoms with E-state index >= 15 is 0 Å². The maximum Gasteiger partial charge on any atom is 0.229 e. The third-order valence-electron chi connectivity index (χ3n) is 2.98. The average molecular weight is 273 g/mol. The molecule has 2 unspecified atom stereocenters. The number of hydrogen-bond donors (Lipinski definition) is 2. The largest absolute Gasteiger partial charge is 0.326 e. The SMILES string of the molecule is CC1CNCC1C(=O)Nc1cc(Cl)cc(Cl)c1. The summed E-state index contributed by atoms with van der Waals surface area (Å²) in [6, 6.07) is 5.02. The van der Waals surface area contributed by atoms with Gasteiger partial charge < -0.3 is 10.6 Å². The minimum Gasteiger partial charge on any atom is -0.326 e. The Morgan fingerprint density at radius 2 is 1.94 bits per heavy atom. The molecule has 1 amide bonds. The summed E-state index contributed by atoms with van der Waals surface area (Å²) in [5.41, 5.74) is 0.645. The van der Waals surface area contributed by atoms with Gasteiger partial charge >= 0.3 is 0 Å². The first-order chi connectivity index (χ1) is 8.06. The summed E-state index contributed by atoms with van der Waals surface area (Å²) in [6.07, 6.45) is 0. The van der Waals surface area contributed by atoms with Crippen LogP contribution in [0.25, 0.3) is 0 Å². The molecule has 0 saturated carbocycles. The normalized spacial score (nSPS) is 23.7. The molecular weight excluding hydrogens is 259 g/mol. The highest BCUT2D eigenvalue weighted by atomic mass is 35.5. The van der Waals surface area contributed by atoms with E-state index in [4.69, 9.17) is 23.2 Å². The highest BCUT2D eigenvalue weighted by Crippen LogP contribution is 2.24. The predicted octanol–water partition coefficient (Wildman–Crippen LogP) is 2.79. The van der Waals surface area contributed by atoms with Crippen molar-refractivity contribution in [3.05, 3.63) is 28.2 Å². The number of nitrogens with one attached hydrogen (secondary N) is 2. The Morgan fingerprint density at radius 3 is 2.47 bits per heavy atom. The highest BCUT2D eigenvalue weighted by molar-refractivity contribution is 6.35. The van der Waals surface area contributed by atoms with Crippen LogP contribution in [0.4, 0.5) is 5.69 Å². The van der Waals surface area contributed by atoms with Crippen LogP contribution in [0, 0.1) is 11.8 Å². The number of anilines is 1. The van der Waals surface area contributed by atoms with E-state index in [9.17, 15) is 4.79 Å². The van der Waals surface area contributed by atoms with Gasteiger partial charge in [0, 0.05) is 22.3 Å². The van der Waals surface area contributed by atoms with Crippen molar-refractivity contribution in [2.45, 2.75) is 6.92 Å². The third kappa shape index (κ3) is 3.12. The van der Waals surface area contributed by atoms with Gasteiger partial charge in [0.15, 0.2) is 0 Å². The summed E-state index contributed by atoms with van der Waals surface area (Å²) >= 11 is 11.7. The van der Waals surface area contributed by atoms with E-state index in [2.05, 4.69) is 17.6 Å². The molecule has 92 valence electrons. The second-order valence-corrected chi connectivity index (χ2v) is 5.26. The average Bonchev–Trinajstić information content (AvgIpc) is 2.62. The number of halogens is 2. The van der Waals surface area contributed by atoms with Gasteiger partial charge in [0.25, 0.3) is 0 Å². The van der Waals surface area contributed by atoms with E-state index in [0.29, 0.717) is 21.7 Å². The first kappa shape index (κ1) is 12.7. The molecule has 2 rings (SSSR count). The van der Waals surface area contributed by atoms with Crippen LogP contribution in [-0.2, 0) is 4.79 Å². The highest BCUT2D eigenvalue weighted by Gasteiger charge is 2.29. The van der Waals surface area contributed by atoms with Gasteiger partial charge in [-0.25, -0.2) is 0 Å². The Hall–Kier alpha value is -0.770. The lowest BCUT2D eigenvalue weighted by atomic mass is 9.97. The van der Waals surface area contributed by atoms with Gasteiger partial charge in [-0.15, -0.1) is 0 Å². The molecule has 1 fully saturated rings. The van der Waals surface area contributed by atoms with Crippen LogP contribution in [-0.4, -0.2) is 19.0 Å². The maximum atomic E-state index is 12.0. The topological polar surface area (TPSA) is 41.1 Å². The van der Waals surface area contributed by atoms with Crippen molar-refractivity contribution in [1.82, 2.24) is 5.32 Å². The molecule has 1 heterocycles. The first-order valence-corrected chi connectivity index (χ1v) is 6.29. The minimum atomic E-state index is 0.00718. The monoisotopic (exact) mass is 272 g/mol. The molecule has 1 aromatic carbocycles. The minimum absolute atomic E-state index is 0.00718. The van der Waals surface area contributed by atoms with Gasteiger partial charge in [0.05, 0.1) is 5.92 Å². The number of rotatable bonds is 2. The van der Waals surface area contributed by atoms with Gasteiger partial charge in [-0.05, 0) is 30.7 Å². The molecule has 17 heavy (non-hydrogen) atoms. The Bertz CT molecular complexity index is 416. The van der Waals surface area contributed by atoms with Crippen LogP contribution < -0.4 is 10.6 Å². The lowest BCUT2D eigenvalue weighted by Crippen LogP contribution is -2.27. The van der Waals surface area contributed by atoms with Crippen LogP contribution in [0.1, 0.15) is 6.92 Å². The standard InChI is InChI=1S/C12H14Cl2N2O/c1-7-5-15-6-11(7)12(17)16-10-3-8(13)2-9(14)4-10/h2-4,7,11,15H,5-6H2,1H3,(H,16,17). The molecule has 1 saturated heterocycles. The van der Waals surface area contributed by atoms with Crippen LogP contribution in [0.3, 0.4) is 0 Å². The molecule has 0 radical (unpaired) electrons. The summed E-state index contributed by atoms with van der Waals surface area (Å²) in [5, 5.41) is 7.08. The predicted molar refractivity (Wildman–Crippen MR) is 70.6 cm³/mol.